The Kier molecular flexibility index (Phi) is 4.69. The Morgan fingerprint density at radius 2 is 2.00 bits per heavy atom. The van der Waals surface area contributed by atoms with Gasteiger partial charge < -0.3 is 10.1 Å². The molecule has 0 aliphatic heterocycles. The van der Waals surface area contributed by atoms with Crippen molar-refractivity contribution in [1.29, 1.82) is 0 Å². The van der Waals surface area contributed by atoms with Crippen molar-refractivity contribution in [3.05, 3.63) is 33.8 Å². The fourth-order valence-corrected chi connectivity index (χ4v) is 2.91. The minimum absolute atomic E-state index is 0.316. The lowest BCUT2D eigenvalue weighted by Crippen LogP contribution is -2.36. The summed E-state index contributed by atoms with van der Waals surface area (Å²) in [5.41, 5.74) is 0.970. The molecular weight excluding hydrogens is 257 g/mol. The molecule has 17 heavy (non-hydrogen) atoms. The van der Waals surface area contributed by atoms with Crippen molar-refractivity contribution in [2.45, 2.75) is 38.0 Å². The maximum Gasteiger partial charge on any atom is 0.0724 e. The third kappa shape index (κ3) is 3.14. The van der Waals surface area contributed by atoms with E-state index in [4.69, 9.17) is 27.9 Å². The van der Waals surface area contributed by atoms with Crippen molar-refractivity contribution in [2.75, 3.05) is 7.11 Å². The highest BCUT2D eigenvalue weighted by molar-refractivity contribution is 6.35. The number of benzene rings is 1. The topological polar surface area (TPSA) is 21.3 Å². The summed E-state index contributed by atoms with van der Waals surface area (Å²) >= 11 is 12.3. The maximum absolute atomic E-state index is 6.13. The van der Waals surface area contributed by atoms with Crippen LogP contribution in [0.2, 0.25) is 10.0 Å². The molecule has 1 fully saturated rings. The highest BCUT2D eigenvalue weighted by Gasteiger charge is 2.26. The Morgan fingerprint density at radius 3 is 2.65 bits per heavy atom. The fourth-order valence-electron chi connectivity index (χ4n) is 2.38. The fraction of sp³-hybridized carbons (Fsp3) is 0.538. The van der Waals surface area contributed by atoms with Crippen molar-refractivity contribution in [2.24, 2.45) is 0 Å². The van der Waals surface area contributed by atoms with E-state index in [2.05, 4.69) is 5.32 Å². The molecule has 0 bridgehead atoms. The van der Waals surface area contributed by atoms with Crippen LogP contribution in [0.25, 0.3) is 0 Å². The lowest BCUT2D eigenvalue weighted by atomic mass is 10.1. The van der Waals surface area contributed by atoms with Gasteiger partial charge in [-0.05, 0) is 31.4 Å². The van der Waals surface area contributed by atoms with E-state index in [1.165, 1.54) is 6.42 Å². The first-order valence-electron chi connectivity index (χ1n) is 5.91. The van der Waals surface area contributed by atoms with Crippen LogP contribution in [0, 0.1) is 0 Å². The summed E-state index contributed by atoms with van der Waals surface area (Å²) in [5.74, 6) is 0. The summed E-state index contributed by atoms with van der Waals surface area (Å²) in [6.07, 6.45) is 3.81. The van der Waals surface area contributed by atoms with Gasteiger partial charge in [0.2, 0.25) is 0 Å². The van der Waals surface area contributed by atoms with Gasteiger partial charge in [-0.15, -0.1) is 0 Å². The van der Waals surface area contributed by atoms with E-state index >= 15 is 0 Å². The molecular formula is C13H17Cl2NO. The molecule has 0 radical (unpaired) electrons. The van der Waals surface area contributed by atoms with Gasteiger partial charge in [-0.2, -0.15) is 0 Å². The second kappa shape index (κ2) is 6.05. The predicted molar refractivity (Wildman–Crippen MR) is 71.7 cm³/mol. The molecule has 1 aromatic carbocycles. The zero-order chi connectivity index (χ0) is 12.3. The Labute approximate surface area is 112 Å². The Morgan fingerprint density at radius 1 is 1.29 bits per heavy atom. The molecule has 0 spiro atoms. The van der Waals surface area contributed by atoms with Gasteiger partial charge in [-0.3, -0.25) is 0 Å². The zero-order valence-corrected chi connectivity index (χ0v) is 11.4. The van der Waals surface area contributed by atoms with Gasteiger partial charge in [0.25, 0.3) is 0 Å². The quantitative estimate of drug-likeness (QED) is 0.904. The molecule has 0 heterocycles. The van der Waals surface area contributed by atoms with E-state index < -0.39 is 0 Å². The minimum Gasteiger partial charge on any atom is -0.380 e. The van der Waals surface area contributed by atoms with Gasteiger partial charge in [-0.25, -0.2) is 0 Å². The van der Waals surface area contributed by atoms with E-state index in [0.29, 0.717) is 18.7 Å². The molecule has 94 valence electrons. The molecule has 1 aliphatic rings. The van der Waals surface area contributed by atoms with E-state index in [-0.39, 0.29) is 0 Å². The summed E-state index contributed by atoms with van der Waals surface area (Å²) in [6.45, 7) is 0.697. The molecule has 1 N–H and O–H groups in total. The van der Waals surface area contributed by atoms with Crippen molar-refractivity contribution in [3.63, 3.8) is 0 Å². The van der Waals surface area contributed by atoms with Crippen LogP contribution in [0.3, 0.4) is 0 Å². The van der Waals surface area contributed by atoms with Crippen LogP contribution < -0.4 is 5.32 Å². The average Bonchev–Trinajstić information content (AvgIpc) is 2.76. The SMILES string of the molecule is COC1CCCC1NCc1c(Cl)cccc1Cl. The number of methoxy groups -OCH3 is 1. The first-order chi connectivity index (χ1) is 8.22. The van der Waals surface area contributed by atoms with Crippen LogP contribution in [0.15, 0.2) is 18.2 Å². The van der Waals surface area contributed by atoms with Gasteiger partial charge in [0.05, 0.1) is 6.10 Å². The van der Waals surface area contributed by atoms with E-state index in [1.807, 2.05) is 18.2 Å². The Balaban J connectivity index is 1.98. The second-order valence-electron chi connectivity index (χ2n) is 4.39. The van der Waals surface area contributed by atoms with Crippen molar-refractivity contribution >= 4 is 23.2 Å². The van der Waals surface area contributed by atoms with Crippen molar-refractivity contribution < 1.29 is 4.74 Å². The third-order valence-corrected chi connectivity index (χ3v) is 4.07. The van der Waals surface area contributed by atoms with Crippen molar-refractivity contribution in [1.82, 2.24) is 5.32 Å². The van der Waals surface area contributed by atoms with Gasteiger partial charge >= 0.3 is 0 Å². The molecule has 2 unspecified atom stereocenters. The molecule has 0 saturated heterocycles. The molecule has 1 saturated carbocycles. The smallest absolute Gasteiger partial charge is 0.0724 e. The molecule has 1 aliphatic carbocycles. The Hall–Kier alpha value is -0.280. The summed E-state index contributed by atoms with van der Waals surface area (Å²) in [7, 11) is 1.77. The number of halogens is 2. The second-order valence-corrected chi connectivity index (χ2v) is 5.21. The lowest BCUT2D eigenvalue weighted by molar-refractivity contribution is 0.0847. The number of nitrogens with one attached hydrogen (secondary N) is 1. The first kappa shape index (κ1) is 13.2. The van der Waals surface area contributed by atoms with Crippen LogP contribution in [0.5, 0.6) is 0 Å². The maximum atomic E-state index is 6.13. The zero-order valence-electron chi connectivity index (χ0n) is 9.88. The summed E-state index contributed by atoms with van der Waals surface area (Å²) in [5, 5.41) is 4.93. The molecule has 2 rings (SSSR count). The lowest BCUT2D eigenvalue weighted by Gasteiger charge is -2.20. The summed E-state index contributed by atoms with van der Waals surface area (Å²) in [6, 6.07) is 6.01. The van der Waals surface area contributed by atoms with E-state index in [0.717, 1.165) is 28.5 Å². The summed E-state index contributed by atoms with van der Waals surface area (Å²) in [4.78, 5) is 0. The van der Waals surface area contributed by atoms with Gasteiger partial charge in [0.1, 0.15) is 0 Å². The standard InChI is InChI=1S/C13H17Cl2NO/c1-17-13-7-3-6-12(13)16-8-9-10(14)4-2-5-11(9)15/h2,4-5,12-13,16H,3,6-8H2,1H3. The highest BCUT2D eigenvalue weighted by Crippen LogP contribution is 2.26. The molecule has 1 aromatic rings. The van der Waals surface area contributed by atoms with Crippen LogP contribution in [0.4, 0.5) is 0 Å². The predicted octanol–water partition coefficient (Wildman–Crippen LogP) is 3.65. The molecule has 0 aromatic heterocycles. The normalized spacial score (nSPS) is 24.2. The Bertz CT molecular complexity index is 363. The van der Waals surface area contributed by atoms with Gasteiger partial charge in [-0.1, -0.05) is 29.3 Å². The molecule has 4 heteroatoms. The van der Waals surface area contributed by atoms with Crippen LogP contribution in [-0.4, -0.2) is 19.3 Å². The van der Waals surface area contributed by atoms with Crippen LogP contribution in [0.1, 0.15) is 24.8 Å². The highest BCUT2D eigenvalue weighted by atomic mass is 35.5. The minimum atomic E-state index is 0.316. The van der Waals surface area contributed by atoms with Gasteiger partial charge in [0.15, 0.2) is 0 Å². The van der Waals surface area contributed by atoms with E-state index in [9.17, 15) is 0 Å². The number of hydrogen-bond donors (Lipinski definition) is 1. The summed E-state index contributed by atoms with van der Waals surface area (Å²) < 4.78 is 5.44. The largest absolute Gasteiger partial charge is 0.380 e. The first-order valence-corrected chi connectivity index (χ1v) is 6.67. The van der Waals surface area contributed by atoms with Crippen LogP contribution in [-0.2, 0) is 11.3 Å². The monoisotopic (exact) mass is 273 g/mol. The van der Waals surface area contributed by atoms with Crippen molar-refractivity contribution in [3.8, 4) is 0 Å². The van der Waals surface area contributed by atoms with E-state index in [1.54, 1.807) is 7.11 Å². The third-order valence-electron chi connectivity index (χ3n) is 3.36. The molecule has 2 nitrogen and oxygen atoms in total. The molecule has 2 atom stereocenters. The number of rotatable bonds is 4. The van der Waals surface area contributed by atoms with Gasteiger partial charge in [0, 0.05) is 35.3 Å². The van der Waals surface area contributed by atoms with Crippen LogP contribution >= 0.6 is 23.2 Å². The molecule has 0 amide bonds. The number of hydrogen-bond acceptors (Lipinski definition) is 2. The number of ether oxygens (including phenoxy) is 1. The average molecular weight is 274 g/mol.